The molecule has 4 nitrogen and oxygen atoms in total. The van der Waals surface area contributed by atoms with Crippen LogP contribution in [0.4, 0.5) is 4.39 Å². The van der Waals surface area contributed by atoms with Gasteiger partial charge < -0.3 is 5.11 Å². The molecule has 2 aromatic rings. The van der Waals surface area contributed by atoms with Crippen LogP contribution in [-0.2, 0) is 10.2 Å². The van der Waals surface area contributed by atoms with E-state index in [1.54, 1.807) is 18.2 Å². The molecule has 0 amide bonds. The Morgan fingerprint density at radius 1 is 1.32 bits per heavy atom. The van der Waals surface area contributed by atoms with E-state index in [9.17, 15) is 14.3 Å². The fourth-order valence-electron chi connectivity index (χ4n) is 2.06. The number of hydrogen-bond acceptors (Lipinski definition) is 3. The van der Waals surface area contributed by atoms with Crippen LogP contribution in [0, 0.1) is 5.82 Å². The standard InChI is InChI=1S/C14H11FN2O2/c15-10-3-1-2-9(8-10)11-4-7-16-12(17-11)14(5-6-14)13(18)19/h1-4,7-8H,5-6H2,(H,18,19). The first kappa shape index (κ1) is 11.8. The number of carbonyl (C=O) groups is 1. The molecular weight excluding hydrogens is 247 g/mol. The van der Waals surface area contributed by atoms with Crippen molar-refractivity contribution in [3.8, 4) is 11.3 Å². The topological polar surface area (TPSA) is 63.1 Å². The lowest BCUT2D eigenvalue weighted by molar-refractivity contribution is -0.140. The van der Waals surface area contributed by atoms with Crippen molar-refractivity contribution < 1.29 is 14.3 Å². The molecule has 5 heteroatoms. The smallest absolute Gasteiger partial charge is 0.317 e. The quantitative estimate of drug-likeness (QED) is 0.918. The third kappa shape index (κ3) is 1.97. The molecule has 0 aliphatic heterocycles. The normalized spacial score (nSPS) is 16.1. The molecule has 1 saturated carbocycles. The minimum Gasteiger partial charge on any atom is -0.480 e. The number of aromatic nitrogens is 2. The van der Waals surface area contributed by atoms with Gasteiger partial charge in [-0.3, -0.25) is 4.79 Å². The Hall–Kier alpha value is -2.30. The van der Waals surface area contributed by atoms with Gasteiger partial charge in [0.25, 0.3) is 0 Å². The van der Waals surface area contributed by atoms with Crippen LogP contribution < -0.4 is 0 Å². The summed E-state index contributed by atoms with van der Waals surface area (Å²) in [6, 6.07) is 7.69. The van der Waals surface area contributed by atoms with Crippen LogP contribution in [0.2, 0.25) is 0 Å². The van der Waals surface area contributed by atoms with Crippen LogP contribution in [0.25, 0.3) is 11.3 Å². The van der Waals surface area contributed by atoms with E-state index in [1.807, 2.05) is 0 Å². The third-order valence-electron chi connectivity index (χ3n) is 3.36. The van der Waals surface area contributed by atoms with E-state index in [0.717, 1.165) is 0 Å². The van der Waals surface area contributed by atoms with Gasteiger partial charge in [0.15, 0.2) is 0 Å². The van der Waals surface area contributed by atoms with Gasteiger partial charge in [-0.25, -0.2) is 14.4 Å². The zero-order chi connectivity index (χ0) is 13.5. The monoisotopic (exact) mass is 258 g/mol. The lowest BCUT2D eigenvalue weighted by Crippen LogP contribution is -2.22. The number of hydrogen-bond donors (Lipinski definition) is 1. The molecule has 1 aromatic heterocycles. The van der Waals surface area contributed by atoms with Crippen LogP contribution in [0.1, 0.15) is 18.7 Å². The maximum atomic E-state index is 13.2. The molecule has 0 bridgehead atoms. The molecule has 1 N–H and O–H groups in total. The summed E-state index contributed by atoms with van der Waals surface area (Å²) in [6.07, 6.45) is 2.62. The van der Waals surface area contributed by atoms with E-state index in [0.29, 0.717) is 29.9 Å². The first-order valence-corrected chi connectivity index (χ1v) is 5.95. The predicted octanol–water partition coefficient (Wildman–Crippen LogP) is 2.40. The molecule has 1 fully saturated rings. The van der Waals surface area contributed by atoms with E-state index in [2.05, 4.69) is 9.97 Å². The Balaban J connectivity index is 2.04. The molecule has 0 saturated heterocycles. The van der Waals surface area contributed by atoms with Crippen molar-refractivity contribution in [1.82, 2.24) is 9.97 Å². The third-order valence-corrected chi connectivity index (χ3v) is 3.36. The number of aliphatic carboxylic acids is 1. The number of carboxylic acid groups (broad SMARTS) is 1. The SMILES string of the molecule is O=C(O)C1(c2nccc(-c3cccc(F)c3)n2)CC1. The maximum Gasteiger partial charge on any atom is 0.317 e. The van der Waals surface area contributed by atoms with Gasteiger partial charge >= 0.3 is 5.97 Å². The molecule has 3 rings (SSSR count). The van der Waals surface area contributed by atoms with Gasteiger partial charge in [0.05, 0.1) is 5.69 Å². The molecule has 96 valence electrons. The fraction of sp³-hybridized carbons (Fsp3) is 0.214. The Morgan fingerprint density at radius 3 is 2.74 bits per heavy atom. The second-order valence-electron chi connectivity index (χ2n) is 4.66. The zero-order valence-corrected chi connectivity index (χ0v) is 10.0. The molecule has 0 atom stereocenters. The average molecular weight is 258 g/mol. The first-order chi connectivity index (χ1) is 9.12. The van der Waals surface area contributed by atoms with Crippen molar-refractivity contribution in [2.75, 3.05) is 0 Å². The van der Waals surface area contributed by atoms with Crippen LogP contribution in [0.3, 0.4) is 0 Å². The molecule has 1 aliphatic rings. The van der Waals surface area contributed by atoms with E-state index >= 15 is 0 Å². The zero-order valence-electron chi connectivity index (χ0n) is 10.0. The van der Waals surface area contributed by atoms with Crippen molar-refractivity contribution >= 4 is 5.97 Å². The lowest BCUT2D eigenvalue weighted by atomic mass is 10.1. The predicted molar refractivity (Wildman–Crippen MR) is 66.0 cm³/mol. The van der Waals surface area contributed by atoms with E-state index < -0.39 is 11.4 Å². The number of halogens is 1. The summed E-state index contributed by atoms with van der Waals surface area (Å²) < 4.78 is 13.2. The van der Waals surface area contributed by atoms with E-state index in [4.69, 9.17) is 0 Å². The number of nitrogens with zero attached hydrogens (tertiary/aromatic N) is 2. The summed E-state index contributed by atoms with van der Waals surface area (Å²) in [5.41, 5.74) is 0.213. The van der Waals surface area contributed by atoms with Crippen LogP contribution >= 0.6 is 0 Å². The second kappa shape index (κ2) is 4.12. The van der Waals surface area contributed by atoms with Gasteiger partial charge in [-0.15, -0.1) is 0 Å². The lowest BCUT2D eigenvalue weighted by Gasteiger charge is -2.09. The van der Waals surface area contributed by atoms with Gasteiger partial charge in [-0.2, -0.15) is 0 Å². The van der Waals surface area contributed by atoms with Gasteiger partial charge in [-0.05, 0) is 31.0 Å². The molecule has 1 aromatic carbocycles. The highest BCUT2D eigenvalue weighted by Gasteiger charge is 2.54. The van der Waals surface area contributed by atoms with Crippen molar-refractivity contribution in [3.05, 3.63) is 48.2 Å². The minimum atomic E-state index is -0.941. The fourth-order valence-corrected chi connectivity index (χ4v) is 2.06. The first-order valence-electron chi connectivity index (χ1n) is 5.95. The van der Waals surface area contributed by atoms with Gasteiger partial charge in [-0.1, -0.05) is 12.1 Å². The van der Waals surface area contributed by atoms with Gasteiger partial charge in [0, 0.05) is 11.8 Å². The molecule has 19 heavy (non-hydrogen) atoms. The molecule has 0 radical (unpaired) electrons. The number of benzene rings is 1. The van der Waals surface area contributed by atoms with Crippen LogP contribution in [-0.4, -0.2) is 21.0 Å². The summed E-state index contributed by atoms with van der Waals surface area (Å²) in [6.45, 7) is 0. The second-order valence-corrected chi connectivity index (χ2v) is 4.66. The average Bonchev–Trinajstić information content (AvgIpc) is 3.20. The van der Waals surface area contributed by atoms with Crippen LogP contribution in [0.5, 0.6) is 0 Å². The van der Waals surface area contributed by atoms with Crippen LogP contribution in [0.15, 0.2) is 36.5 Å². The maximum absolute atomic E-state index is 13.2. The number of carboxylic acids is 1. The van der Waals surface area contributed by atoms with Gasteiger partial charge in [0.2, 0.25) is 0 Å². The van der Waals surface area contributed by atoms with E-state index in [-0.39, 0.29) is 5.82 Å². The summed E-state index contributed by atoms with van der Waals surface area (Å²) in [5.74, 6) is -0.942. The van der Waals surface area contributed by atoms with Crippen molar-refractivity contribution in [2.24, 2.45) is 0 Å². The summed E-state index contributed by atoms with van der Waals surface area (Å²) in [7, 11) is 0. The van der Waals surface area contributed by atoms with Gasteiger partial charge in [0.1, 0.15) is 17.1 Å². The highest BCUT2D eigenvalue weighted by molar-refractivity contribution is 5.83. The highest BCUT2D eigenvalue weighted by atomic mass is 19.1. The number of rotatable bonds is 3. The molecule has 0 spiro atoms. The summed E-state index contributed by atoms with van der Waals surface area (Å²) in [5, 5.41) is 9.22. The Morgan fingerprint density at radius 2 is 2.11 bits per heavy atom. The Kier molecular flexibility index (Phi) is 2.55. The Labute approximate surface area is 109 Å². The molecule has 0 unspecified atom stereocenters. The van der Waals surface area contributed by atoms with Crippen molar-refractivity contribution in [1.29, 1.82) is 0 Å². The molecule has 1 heterocycles. The minimum absolute atomic E-state index is 0.307. The summed E-state index contributed by atoms with van der Waals surface area (Å²) >= 11 is 0. The van der Waals surface area contributed by atoms with Crippen molar-refractivity contribution in [2.45, 2.75) is 18.3 Å². The largest absolute Gasteiger partial charge is 0.480 e. The molecule has 1 aliphatic carbocycles. The molecular formula is C14H11FN2O2. The highest BCUT2D eigenvalue weighted by Crippen LogP contribution is 2.46. The van der Waals surface area contributed by atoms with E-state index in [1.165, 1.54) is 18.3 Å². The Bertz CT molecular complexity index is 653. The summed E-state index contributed by atoms with van der Waals surface area (Å²) in [4.78, 5) is 19.6. The van der Waals surface area contributed by atoms with Crippen molar-refractivity contribution in [3.63, 3.8) is 0 Å².